The van der Waals surface area contributed by atoms with Crippen molar-refractivity contribution in [2.75, 3.05) is 32.8 Å². The Kier molecular flexibility index (Phi) is 5.96. The van der Waals surface area contributed by atoms with Crippen LogP contribution in [-0.4, -0.2) is 43.7 Å². The van der Waals surface area contributed by atoms with Crippen LogP contribution in [0.4, 0.5) is 0 Å². The summed E-state index contributed by atoms with van der Waals surface area (Å²) in [6.45, 7) is 5.76. The number of fused-ring (bicyclic) bond motifs is 1. The van der Waals surface area contributed by atoms with Crippen molar-refractivity contribution in [1.29, 1.82) is 0 Å². The highest BCUT2D eigenvalue weighted by Gasteiger charge is 2.28. The maximum atomic E-state index is 12.1. The van der Waals surface area contributed by atoms with E-state index in [9.17, 15) is 4.79 Å². The number of unbranched alkanes of at least 4 members (excludes halogenated alkanes) is 1. The molecule has 1 atom stereocenters. The van der Waals surface area contributed by atoms with Crippen LogP contribution >= 0.6 is 0 Å². The van der Waals surface area contributed by atoms with Gasteiger partial charge in [0.1, 0.15) is 0 Å². The van der Waals surface area contributed by atoms with Gasteiger partial charge in [-0.25, -0.2) is 0 Å². The van der Waals surface area contributed by atoms with E-state index in [1.54, 1.807) is 0 Å². The molecule has 1 aromatic carbocycles. The number of hydrogen-bond donors (Lipinski definition) is 1. The molecule has 5 nitrogen and oxygen atoms in total. The van der Waals surface area contributed by atoms with Crippen LogP contribution in [0.1, 0.15) is 50.6 Å². The number of nitrogens with zero attached hydrogens (tertiary/aromatic N) is 1. The Bertz CT molecular complexity index is 562. The predicted octanol–water partition coefficient (Wildman–Crippen LogP) is 2.90. The molecule has 0 radical (unpaired) electrons. The molecule has 132 valence electrons. The maximum absolute atomic E-state index is 12.1. The van der Waals surface area contributed by atoms with Crippen LogP contribution in [0.15, 0.2) is 18.2 Å². The van der Waals surface area contributed by atoms with Crippen LogP contribution in [0.25, 0.3) is 0 Å². The number of likely N-dealkylation sites (tertiary alicyclic amines) is 1. The summed E-state index contributed by atoms with van der Waals surface area (Å²) in [7, 11) is 0. The van der Waals surface area contributed by atoms with Crippen LogP contribution in [0.2, 0.25) is 0 Å². The van der Waals surface area contributed by atoms with Gasteiger partial charge in [0.25, 0.3) is 0 Å². The van der Waals surface area contributed by atoms with E-state index in [0.29, 0.717) is 25.8 Å². The summed E-state index contributed by atoms with van der Waals surface area (Å²) in [6.07, 6.45) is 5.27. The lowest BCUT2D eigenvalue weighted by Crippen LogP contribution is -2.37. The lowest BCUT2D eigenvalue weighted by molar-refractivity contribution is -0.122. The fraction of sp³-hybridized carbons (Fsp3) is 0.632. The smallest absolute Gasteiger partial charge is 0.234 e. The van der Waals surface area contributed by atoms with Crippen molar-refractivity contribution in [2.24, 2.45) is 0 Å². The second-order valence-electron chi connectivity index (χ2n) is 6.59. The van der Waals surface area contributed by atoms with Crippen LogP contribution < -0.4 is 14.8 Å². The third kappa shape index (κ3) is 4.20. The highest BCUT2D eigenvalue weighted by atomic mass is 16.5. The van der Waals surface area contributed by atoms with Crippen LogP contribution in [0.5, 0.6) is 11.5 Å². The fourth-order valence-electron chi connectivity index (χ4n) is 3.42. The second kappa shape index (κ2) is 8.38. The van der Waals surface area contributed by atoms with Crippen molar-refractivity contribution in [3.63, 3.8) is 0 Å². The largest absolute Gasteiger partial charge is 0.490 e. The molecular weight excluding hydrogens is 304 g/mol. The molecule has 0 saturated carbocycles. The van der Waals surface area contributed by atoms with Gasteiger partial charge < -0.3 is 14.8 Å². The molecule has 1 aromatic rings. The van der Waals surface area contributed by atoms with E-state index in [4.69, 9.17) is 9.47 Å². The Morgan fingerprint density at radius 2 is 2.08 bits per heavy atom. The first-order valence-electron chi connectivity index (χ1n) is 9.18. The minimum atomic E-state index is 0.129. The topological polar surface area (TPSA) is 50.8 Å². The van der Waals surface area contributed by atoms with Gasteiger partial charge >= 0.3 is 0 Å². The summed E-state index contributed by atoms with van der Waals surface area (Å²) >= 11 is 0. The van der Waals surface area contributed by atoms with Crippen LogP contribution in [0, 0.1) is 0 Å². The van der Waals surface area contributed by atoms with E-state index < -0.39 is 0 Å². The van der Waals surface area contributed by atoms with Gasteiger partial charge in [-0.1, -0.05) is 19.4 Å². The van der Waals surface area contributed by atoms with Gasteiger partial charge in [0.2, 0.25) is 5.91 Å². The molecule has 24 heavy (non-hydrogen) atoms. The Morgan fingerprint density at radius 1 is 1.25 bits per heavy atom. The fourth-order valence-corrected chi connectivity index (χ4v) is 3.42. The molecule has 1 N–H and O–H groups in total. The molecule has 1 saturated heterocycles. The first kappa shape index (κ1) is 17.1. The molecule has 0 unspecified atom stereocenters. The number of hydrogen-bond acceptors (Lipinski definition) is 4. The first-order chi connectivity index (χ1) is 11.8. The van der Waals surface area contributed by atoms with Gasteiger partial charge in [-0.2, -0.15) is 0 Å². The molecule has 2 aliphatic heterocycles. The molecule has 5 heteroatoms. The molecule has 2 aliphatic rings. The van der Waals surface area contributed by atoms with Gasteiger partial charge in [-0.05, 0) is 43.5 Å². The normalized spacial score (nSPS) is 20.6. The highest BCUT2D eigenvalue weighted by molar-refractivity contribution is 5.78. The molecule has 0 bridgehead atoms. The number of ether oxygens (including phenoxy) is 2. The van der Waals surface area contributed by atoms with E-state index in [1.165, 1.54) is 5.56 Å². The molecule has 3 rings (SSSR count). The van der Waals surface area contributed by atoms with E-state index >= 15 is 0 Å². The average molecular weight is 332 g/mol. The molecule has 1 fully saturated rings. The molecular formula is C19H28N2O3. The van der Waals surface area contributed by atoms with Crippen molar-refractivity contribution < 1.29 is 14.3 Å². The SMILES string of the molecule is CCCCNC(=O)CN1CCC[C@H]1c1ccc2c(c1)OCCCO2. The Balaban J connectivity index is 1.64. The number of benzene rings is 1. The highest BCUT2D eigenvalue weighted by Crippen LogP contribution is 2.37. The average Bonchev–Trinajstić information content (AvgIpc) is 2.90. The maximum Gasteiger partial charge on any atom is 0.234 e. The van der Waals surface area contributed by atoms with Gasteiger partial charge in [0, 0.05) is 19.0 Å². The van der Waals surface area contributed by atoms with Gasteiger partial charge in [-0.3, -0.25) is 9.69 Å². The van der Waals surface area contributed by atoms with Crippen LogP contribution in [-0.2, 0) is 4.79 Å². The summed E-state index contributed by atoms with van der Waals surface area (Å²) < 4.78 is 11.5. The lowest BCUT2D eigenvalue weighted by Gasteiger charge is -2.25. The molecule has 0 aliphatic carbocycles. The minimum Gasteiger partial charge on any atom is -0.490 e. The molecule has 0 aromatic heterocycles. The zero-order valence-corrected chi connectivity index (χ0v) is 14.6. The molecule has 2 heterocycles. The molecule has 0 spiro atoms. The lowest BCUT2D eigenvalue weighted by atomic mass is 10.0. The summed E-state index contributed by atoms with van der Waals surface area (Å²) in [5.41, 5.74) is 1.22. The summed E-state index contributed by atoms with van der Waals surface area (Å²) in [4.78, 5) is 14.4. The molecule has 1 amide bonds. The van der Waals surface area contributed by atoms with Gasteiger partial charge in [0.05, 0.1) is 19.8 Å². The first-order valence-corrected chi connectivity index (χ1v) is 9.18. The van der Waals surface area contributed by atoms with Crippen molar-refractivity contribution in [3.05, 3.63) is 23.8 Å². The Morgan fingerprint density at radius 3 is 2.92 bits per heavy atom. The number of carbonyl (C=O) groups excluding carboxylic acids is 1. The van der Waals surface area contributed by atoms with Crippen molar-refractivity contribution in [1.82, 2.24) is 10.2 Å². The number of carbonyl (C=O) groups is 1. The zero-order valence-electron chi connectivity index (χ0n) is 14.6. The zero-order chi connectivity index (χ0) is 16.8. The summed E-state index contributed by atoms with van der Waals surface area (Å²) in [5.74, 6) is 1.80. The monoisotopic (exact) mass is 332 g/mol. The van der Waals surface area contributed by atoms with Crippen molar-refractivity contribution in [3.8, 4) is 11.5 Å². The Hall–Kier alpha value is -1.75. The number of amides is 1. The summed E-state index contributed by atoms with van der Waals surface area (Å²) in [6, 6.07) is 6.51. The van der Waals surface area contributed by atoms with E-state index in [0.717, 1.165) is 56.7 Å². The quantitative estimate of drug-likeness (QED) is 0.814. The van der Waals surface area contributed by atoms with E-state index in [1.807, 2.05) is 6.07 Å². The van der Waals surface area contributed by atoms with Gasteiger partial charge in [-0.15, -0.1) is 0 Å². The Labute approximate surface area is 144 Å². The third-order valence-electron chi connectivity index (χ3n) is 4.72. The second-order valence-corrected chi connectivity index (χ2v) is 6.59. The van der Waals surface area contributed by atoms with Crippen molar-refractivity contribution in [2.45, 2.75) is 45.1 Å². The summed E-state index contributed by atoms with van der Waals surface area (Å²) in [5, 5.41) is 3.02. The predicted molar refractivity (Wildman–Crippen MR) is 93.5 cm³/mol. The minimum absolute atomic E-state index is 0.129. The van der Waals surface area contributed by atoms with Gasteiger partial charge in [0.15, 0.2) is 11.5 Å². The van der Waals surface area contributed by atoms with Crippen molar-refractivity contribution >= 4 is 5.91 Å². The van der Waals surface area contributed by atoms with E-state index in [-0.39, 0.29) is 5.91 Å². The standard InChI is InChI=1S/C19H28N2O3/c1-2-3-9-20-19(22)14-21-10-4-6-16(21)15-7-8-17-18(13-15)24-12-5-11-23-17/h7-8,13,16H,2-6,9-12,14H2,1H3,(H,20,22)/t16-/m0/s1. The number of rotatable bonds is 6. The van der Waals surface area contributed by atoms with E-state index in [2.05, 4.69) is 29.3 Å². The third-order valence-corrected chi connectivity index (χ3v) is 4.72. The number of nitrogens with one attached hydrogen (secondary N) is 1. The van der Waals surface area contributed by atoms with Crippen LogP contribution in [0.3, 0.4) is 0 Å².